The summed E-state index contributed by atoms with van der Waals surface area (Å²) in [6.07, 6.45) is 1.10. The Kier molecular flexibility index (Phi) is 4.72. The number of carbonyl (C=O) groups excluding carboxylic acids is 1. The Hall–Kier alpha value is -0.780. The minimum Gasteiger partial charge on any atom is -0.345 e. The number of carbonyl (C=O) groups is 1. The Labute approximate surface area is 141 Å². The zero-order chi connectivity index (χ0) is 14.8. The van der Waals surface area contributed by atoms with Crippen LogP contribution in [0.25, 0.3) is 0 Å². The minimum absolute atomic E-state index is 0.00324. The Morgan fingerprint density at radius 1 is 1.38 bits per heavy atom. The number of hydrogen-bond donors (Lipinski definition) is 1. The van der Waals surface area contributed by atoms with Gasteiger partial charge in [-0.1, -0.05) is 28.1 Å². The third-order valence-corrected chi connectivity index (χ3v) is 6.28. The van der Waals surface area contributed by atoms with Crippen molar-refractivity contribution in [2.75, 3.05) is 5.75 Å². The molecule has 1 aliphatic heterocycles. The molecule has 1 amide bonds. The van der Waals surface area contributed by atoms with E-state index in [1.165, 1.54) is 16.2 Å². The first-order valence-corrected chi connectivity index (χ1v) is 9.65. The van der Waals surface area contributed by atoms with Crippen LogP contribution in [0.1, 0.15) is 38.6 Å². The molecular weight excluding hydrogens is 366 g/mol. The molecule has 1 aromatic carbocycles. The van der Waals surface area contributed by atoms with Gasteiger partial charge in [-0.25, -0.2) is 0 Å². The predicted octanol–water partition coefficient (Wildman–Crippen LogP) is 4.79. The van der Waals surface area contributed by atoms with Crippen LogP contribution in [0.15, 0.2) is 34.8 Å². The third kappa shape index (κ3) is 3.52. The van der Waals surface area contributed by atoms with Gasteiger partial charge in [0.15, 0.2) is 0 Å². The number of halogens is 1. The molecule has 0 bridgehead atoms. The lowest BCUT2D eigenvalue weighted by molar-refractivity contribution is 0.0944. The maximum Gasteiger partial charge on any atom is 0.261 e. The van der Waals surface area contributed by atoms with Crippen LogP contribution in [0.5, 0.6) is 0 Å². The van der Waals surface area contributed by atoms with Gasteiger partial charge in [0.2, 0.25) is 0 Å². The summed E-state index contributed by atoms with van der Waals surface area (Å²) >= 11 is 7.06. The highest BCUT2D eigenvalue weighted by atomic mass is 79.9. The van der Waals surface area contributed by atoms with Crippen molar-refractivity contribution in [1.82, 2.24) is 5.32 Å². The third-order valence-electron chi connectivity index (χ3n) is 3.55. The summed E-state index contributed by atoms with van der Waals surface area (Å²) < 4.78 is 1.03. The number of thiophene rings is 1. The maximum atomic E-state index is 12.4. The smallest absolute Gasteiger partial charge is 0.261 e. The molecule has 1 atom stereocenters. The van der Waals surface area contributed by atoms with E-state index in [9.17, 15) is 4.79 Å². The van der Waals surface area contributed by atoms with Crippen molar-refractivity contribution in [1.29, 1.82) is 0 Å². The van der Waals surface area contributed by atoms with Crippen molar-refractivity contribution in [2.45, 2.75) is 25.1 Å². The van der Waals surface area contributed by atoms with Crippen molar-refractivity contribution in [3.05, 3.63) is 55.7 Å². The number of hydrogen-bond acceptors (Lipinski definition) is 3. The van der Waals surface area contributed by atoms with Gasteiger partial charge in [0.05, 0.1) is 10.9 Å². The molecule has 0 aliphatic carbocycles. The topological polar surface area (TPSA) is 29.1 Å². The molecule has 5 heteroatoms. The van der Waals surface area contributed by atoms with Crippen molar-refractivity contribution >= 4 is 44.9 Å². The molecule has 110 valence electrons. The lowest BCUT2D eigenvalue weighted by Crippen LogP contribution is -2.25. The van der Waals surface area contributed by atoms with E-state index in [1.54, 1.807) is 11.3 Å². The zero-order valence-electron chi connectivity index (χ0n) is 11.7. The Bertz CT molecular complexity index is 645. The highest BCUT2D eigenvalue weighted by molar-refractivity contribution is 9.10. The fourth-order valence-corrected chi connectivity index (χ4v) is 5.08. The van der Waals surface area contributed by atoms with E-state index in [1.807, 2.05) is 43.0 Å². The first-order valence-electron chi connectivity index (χ1n) is 6.89. The molecule has 0 radical (unpaired) electrons. The number of amides is 1. The Morgan fingerprint density at radius 3 is 3.00 bits per heavy atom. The van der Waals surface area contributed by atoms with Crippen molar-refractivity contribution < 1.29 is 4.79 Å². The van der Waals surface area contributed by atoms with Crippen molar-refractivity contribution in [3.63, 3.8) is 0 Å². The second kappa shape index (κ2) is 6.55. The predicted molar refractivity (Wildman–Crippen MR) is 94.2 cm³/mol. The van der Waals surface area contributed by atoms with Crippen LogP contribution in [-0.2, 0) is 12.2 Å². The standard InChI is InChI=1S/C16H16BrNOS2/c1-10(11-3-2-4-13(17)7-11)18-16(19)15-8-12-9-20-6-5-14(12)21-15/h2-4,7-8,10H,5-6,9H2,1H3,(H,18,19). The van der Waals surface area contributed by atoms with Gasteiger partial charge in [-0.3, -0.25) is 4.79 Å². The fraction of sp³-hybridized carbons (Fsp3) is 0.312. The van der Waals surface area contributed by atoms with Crippen LogP contribution in [0.4, 0.5) is 0 Å². The lowest BCUT2D eigenvalue weighted by atomic mass is 10.1. The summed E-state index contributed by atoms with van der Waals surface area (Å²) in [6, 6.07) is 10.1. The van der Waals surface area contributed by atoms with Crippen LogP contribution in [0.2, 0.25) is 0 Å². The van der Waals surface area contributed by atoms with Crippen LogP contribution in [0, 0.1) is 0 Å². The zero-order valence-corrected chi connectivity index (χ0v) is 14.9. The summed E-state index contributed by atoms with van der Waals surface area (Å²) in [5.74, 6) is 2.25. The largest absolute Gasteiger partial charge is 0.345 e. The first-order chi connectivity index (χ1) is 10.1. The number of aryl methyl sites for hydroxylation is 1. The second-order valence-electron chi connectivity index (χ2n) is 5.11. The van der Waals surface area contributed by atoms with Crippen LogP contribution >= 0.6 is 39.0 Å². The average Bonchev–Trinajstić information content (AvgIpc) is 2.91. The number of rotatable bonds is 3. The monoisotopic (exact) mass is 381 g/mol. The normalized spacial score (nSPS) is 15.3. The molecule has 21 heavy (non-hydrogen) atoms. The summed E-state index contributed by atoms with van der Waals surface area (Å²) in [6.45, 7) is 2.02. The molecule has 2 heterocycles. The maximum absolute atomic E-state index is 12.4. The van der Waals surface area contributed by atoms with E-state index in [0.717, 1.165) is 27.1 Å². The molecule has 1 unspecified atom stereocenters. The molecule has 0 saturated carbocycles. The molecule has 0 fully saturated rings. The van der Waals surface area contributed by atoms with E-state index < -0.39 is 0 Å². The van der Waals surface area contributed by atoms with Gasteiger partial charge in [0, 0.05) is 15.1 Å². The number of thioether (sulfide) groups is 1. The molecule has 1 N–H and O–H groups in total. The molecule has 2 nitrogen and oxygen atoms in total. The number of benzene rings is 1. The van der Waals surface area contributed by atoms with Crippen molar-refractivity contribution in [3.8, 4) is 0 Å². The summed E-state index contributed by atoms with van der Waals surface area (Å²) in [7, 11) is 0. The molecule has 1 aromatic heterocycles. The Balaban J connectivity index is 1.72. The number of nitrogens with one attached hydrogen (secondary N) is 1. The highest BCUT2D eigenvalue weighted by Crippen LogP contribution is 2.32. The van der Waals surface area contributed by atoms with E-state index >= 15 is 0 Å². The summed E-state index contributed by atoms with van der Waals surface area (Å²) in [5, 5.41) is 3.09. The van der Waals surface area contributed by atoms with E-state index in [0.29, 0.717) is 0 Å². The number of fused-ring (bicyclic) bond motifs is 1. The van der Waals surface area contributed by atoms with Crippen LogP contribution in [-0.4, -0.2) is 11.7 Å². The summed E-state index contributed by atoms with van der Waals surface area (Å²) in [5.41, 5.74) is 2.45. The van der Waals surface area contributed by atoms with E-state index in [-0.39, 0.29) is 11.9 Å². The van der Waals surface area contributed by atoms with Gasteiger partial charge in [-0.15, -0.1) is 11.3 Å². The van der Waals surface area contributed by atoms with Crippen LogP contribution in [0.3, 0.4) is 0 Å². The molecule has 1 aliphatic rings. The fourth-order valence-electron chi connectivity index (χ4n) is 2.39. The highest BCUT2D eigenvalue weighted by Gasteiger charge is 2.19. The van der Waals surface area contributed by atoms with E-state index in [4.69, 9.17) is 0 Å². The molecular formula is C16H16BrNOS2. The Morgan fingerprint density at radius 2 is 2.24 bits per heavy atom. The van der Waals surface area contributed by atoms with E-state index in [2.05, 4.69) is 27.3 Å². The van der Waals surface area contributed by atoms with Crippen LogP contribution < -0.4 is 5.32 Å². The van der Waals surface area contributed by atoms with Gasteiger partial charge in [-0.2, -0.15) is 11.8 Å². The molecule has 0 saturated heterocycles. The molecule has 3 rings (SSSR count). The van der Waals surface area contributed by atoms with Gasteiger partial charge < -0.3 is 5.32 Å². The average molecular weight is 382 g/mol. The first kappa shape index (κ1) is 15.1. The minimum atomic E-state index is 0.00324. The SMILES string of the molecule is CC(NC(=O)c1cc2c(s1)CCSC2)c1cccc(Br)c1. The quantitative estimate of drug-likeness (QED) is 0.827. The van der Waals surface area contributed by atoms with Gasteiger partial charge in [0.1, 0.15) is 0 Å². The van der Waals surface area contributed by atoms with Gasteiger partial charge in [0.25, 0.3) is 5.91 Å². The molecule has 2 aromatic rings. The second-order valence-corrected chi connectivity index (χ2v) is 8.27. The lowest BCUT2D eigenvalue weighted by Gasteiger charge is -2.14. The molecule has 0 spiro atoms. The van der Waals surface area contributed by atoms with Crippen molar-refractivity contribution in [2.24, 2.45) is 0 Å². The summed E-state index contributed by atoms with van der Waals surface area (Å²) in [4.78, 5) is 14.6. The van der Waals surface area contributed by atoms with Gasteiger partial charge >= 0.3 is 0 Å². The van der Waals surface area contributed by atoms with Gasteiger partial charge in [-0.05, 0) is 48.4 Å².